The molecule has 1 aromatic carbocycles. The molecule has 0 saturated heterocycles. The van der Waals surface area contributed by atoms with E-state index in [0.717, 1.165) is 24.0 Å². The van der Waals surface area contributed by atoms with E-state index in [0.29, 0.717) is 0 Å². The van der Waals surface area contributed by atoms with Gasteiger partial charge in [0.1, 0.15) is 0 Å². The second-order valence-corrected chi connectivity index (χ2v) is 4.08. The Hall–Kier alpha value is -1.83. The van der Waals surface area contributed by atoms with Crippen molar-refractivity contribution in [1.29, 1.82) is 0 Å². The van der Waals surface area contributed by atoms with Crippen LogP contribution in [-0.4, -0.2) is 5.97 Å². The number of rotatable bonds is 3. The number of carbonyl (C=O) groups excluding carboxylic acids is 1. The van der Waals surface area contributed by atoms with Crippen molar-refractivity contribution in [3.8, 4) is 0 Å². The van der Waals surface area contributed by atoms with Gasteiger partial charge < -0.3 is 4.74 Å². The van der Waals surface area contributed by atoms with Gasteiger partial charge in [0, 0.05) is 6.92 Å². The molecule has 0 radical (unpaired) electrons. The molecular weight excluding hydrogens is 236 g/mol. The Morgan fingerprint density at radius 3 is 2.37 bits per heavy atom. The molecule has 2 rings (SSSR count). The average Bonchev–Trinajstić information content (AvgIpc) is 2.48. The van der Waals surface area contributed by atoms with Crippen LogP contribution >= 0.6 is 0 Å². The van der Waals surface area contributed by atoms with Crippen LogP contribution in [0.3, 0.4) is 0 Å². The first kappa shape index (κ1) is 15.2. The van der Waals surface area contributed by atoms with Crippen LogP contribution in [0.15, 0.2) is 54.1 Å². The molecule has 0 bridgehead atoms. The van der Waals surface area contributed by atoms with Crippen LogP contribution in [0.4, 0.5) is 0 Å². The molecule has 0 heterocycles. The van der Waals surface area contributed by atoms with Crippen molar-refractivity contribution in [2.45, 2.75) is 39.7 Å². The van der Waals surface area contributed by atoms with Gasteiger partial charge in [-0.25, -0.2) is 0 Å². The van der Waals surface area contributed by atoms with Crippen molar-refractivity contribution in [3.63, 3.8) is 0 Å². The van der Waals surface area contributed by atoms with Crippen molar-refractivity contribution in [1.82, 2.24) is 0 Å². The molecule has 0 fully saturated rings. The monoisotopic (exact) mass is 258 g/mol. The van der Waals surface area contributed by atoms with Gasteiger partial charge in [-0.1, -0.05) is 62.4 Å². The summed E-state index contributed by atoms with van der Waals surface area (Å²) in [6.07, 6.45) is 8.10. The lowest BCUT2D eigenvalue weighted by Crippen LogP contribution is -2.11. The minimum atomic E-state index is -0.273. The summed E-state index contributed by atoms with van der Waals surface area (Å²) in [6, 6.07) is 9.84. The third-order valence-electron chi connectivity index (χ3n) is 2.71. The van der Waals surface area contributed by atoms with E-state index in [2.05, 4.69) is 12.2 Å². The summed E-state index contributed by atoms with van der Waals surface area (Å²) in [5, 5.41) is 0. The summed E-state index contributed by atoms with van der Waals surface area (Å²) < 4.78 is 5.42. The number of benzene rings is 1. The Kier molecular flexibility index (Phi) is 6.65. The molecule has 1 aliphatic rings. The lowest BCUT2D eigenvalue weighted by molar-refractivity contribution is -0.144. The first-order valence-corrected chi connectivity index (χ1v) is 6.86. The van der Waals surface area contributed by atoms with Gasteiger partial charge in [0.15, 0.2) is 6.10 Å². The normalized spacial score (nSPS) is 14.8. The zero-order valence-corrected chi connectivity index (χ0v) is 11.9. The summed E-state index contributed by atoms with van der Waals surface area (Å²) in [6.45, 7) is 5.45. The van der Waals surface area contributed by atoms with Crippen molar-refractivity contribution >= 4 is 5.97 Å². The SMILES string of the molecule is CC.CC(=O)OC(C1=CCCC=C1)c1ccccc1. The summed E-state index contributed by atoms with van der Waals surface area (Å²) in [5.41, 5.74) is 2.08. The fourth-order valence-electron chi connectivity index (χ4n) is 1.95. The highest BCUT2D eigenvalue weighted by atomic mass is 16.5. The Labute approximate surface area is 115 Å². The maximum absolute atomic E-state index is 11.2. The van der Waals surface area contributed by atoms with Gasteiger partial charge in [0.2, 0.25) is 0 Å². The summed E-state index contributed by atoms with van der Waals surface area (Å²) in [5.74, 6) is -0.251. The number of allylic oxidation sites excluding steroid dienone is 2. The summed E-state index contributed by atoms with van der Waals surface area (Å²) in [7, 11) is 0. The first-order chi connectivity index (χ1) is 9.27. The quantitative estimate of drug-likeness (QED) is 0.741. The molecule has 0 spiro atoms. The predicted octanol–water partition coefficient (Wildman–Crippen LogP) is 4.59. The van der Waals surface area contributed by atoms with E-state index in [-0.39, 0.29) is 12.1 Å². The zero-order valence-electron chi connectivity index (χ0n) is 11.9. The number of ether oxygens (including phenoxy) is 1. The van der Waals surface area contributed by atoms with E-state index in [1.54, 1.807) is 0 Å². The Balaban J connectivity index is 0.000000861. The van der Waals surface area contributed by atoms with E-state index >= 15 is 0 Å². The van der Waals surface area contributed by atoms with Gasteiger partial charge in [-0.05, 0) is 24.0 Å². The molecule has 0 aromatic heterocycles. The van der Waals surface area contributed by atoms with Crippen molar-refractivity contribution in [2.24, 2.45) is 0 Å². The minimum Gasteiger partial charge on any atom is -0.453 e. The molecule has 19 heavy (non-hydrogen) atoms. The molecule has 1 aliphatic carbocycles. The highest BCUT2D eigenvalue weighted by Gasteiger charge is 2.18. The highest BCUT2D eigenvalue weighted by Crippen LogP contribution is 2.29. The molecule has 0 saturated carbocycles. The van der Waals surface area contributed by atoms with Crippen molar-refractivity contribution in [2.75, 3.05) is 0 Å². The highest BCUT2D eigenvalue weighted by molar-refractivity contribution is 5.67. The van der Waals surface area contributed by atoms with Gasteiger partial charge in [-0.15, -0.1) is 0 Å². The van der Waals surface area contributed by atoms with Crippen molar-refractivity contribution in [3.05, 3.63) is 59.7 Å². The van der Waals surface area contributed by atoms with Crippen LogP contribution in [0.5, 0.6) is 0 Å². The standard InChI is InChI=1S/C15H16O2.C2H6/c1-12(16)17-15(13-8-4-2-5-9-13)14-10-6-3-7-11-14;1-2/h2,4-6,8-11,15H,3,7H2,1H3;1-2H3. The average molecular weight is 258 g/mol. The predicted molar refractivity (Wildman–Crippen MR) is 78.8 cm³/mol. The Morgan fingerprint density at radius 2 is 1.84 bits per heavy atom. The molecule has 0 amide bonds. The number of hydrogen-bond donors (Lipinski definition) is 0. The van der Waals surface area contributed by atoms with Crippen LogP contribution in [-0.2, 0) is 9.53 Å². The van der Waals surface area contributed by atoms with Crippen LogP contribution in [0.1, 0.15) is 45.3 Å². The smallest absolute Gasteiger partial charge is 0.303 e. The number of hydrogen-bond acceptors (Lipinski definition) is 2. The van der Waals surface area contributed by atoms with Gasteiger partial charge in [-0.2, -0.15) is 0 Å². The molecule has 2 heteroatoms. The van der Waals surface area contributed by atoms with E-state index < -0.39 is 0 Å². The molecule has 0 aliphatic heterocycles. The van der Waals surface area contributed by atoms with Crippen LogP contribution in [0.25, 0.3) is 0 Å². The largest absolute Gasteiger partial charge is 0.453 e. The molecule has 1 aromatic rings. The van der Waals surface area contributed by atoms with Crippen LogP contribution in [0, 0.1) is 0 Å². The lowest BCUT2D eigenvalue weighted by atomic mass is 9.96. The zero-order chi connectivity index (χ0) is 14.1. The summed E-state index contributed by atoms with van der Waals surface area (Å²) in [4.78, 5) is 11.2. The van der Waals surface area contributed by atoms with E-state index in [1.807, 2.05) is 50.3 Å². The minimum absolute atomic E-state index is 0.251. The summed E-state index contributed by atoms with van der Waals surface area (Å²) >= 11 is 0. The number of esters is 1. The third kappa shape index (κ3) is 4.74. The Bertz CT molecular complexity index is 444. The molecule has 0 N–H and O–H groups in total. The maximum atomic E-state index is 11.2. The second-order valence-electron chi connectivity index (χ2n) is 4.08. The lowest BCUT2D eigenvalue weighted by Gasteiger charge is -2.20. The van der Waals surface area contributed by atoms with Gasteiger partial charge in [-0.3, -0.25) is 4.79 Å². The van der Waals surface area contributed by atoms with E-state index in [1.165, 1.54) is 6.92 Å². The maximum Gasteiger partial charge on any atom is 0.303 e. The topological polar surface area (TPSA) is 26.3 Å². The molecule has 1 atom stereocenters. The number of carbonyl (C=O) groups is 1. The third-order valence-corrected chi connectivity index (χ3v) is 2.71. The second kappa shape index (κ2) is 8.30. The van der Waals surface area contributed by atoms with Crippen LogP contribution < -0.4 is 0 Å². The molecule has 102 valence electrons. The van der Waals surface area contributed by atoms with Gasteiger partial charge >= 0.3 is 5.97 Å². The van der Waals surface area contributed by atoms with Crippen LogP contribution in [0.2, 0.25) is 0 Å². The molecular formula is C17H22O2. The molecule has 2 nitrogen and oxygen atoms in total. The first-order valence-electron chi connectivity index (χ1n) is 6.86. The van der Waals surface area contributed by atoms with E-state index in [4.69, 9.17) is 4.74 Å². The fraction of sp³-hybridized carbons (Fsp3) is 0.353. The van der Waals surface area contributed by atoms with E-state index in [9.17, 15) is 4.79 Å². The fourth-order valence-corrected chi connectivity index (χ4v) is 1.95. The van der Waals surface area contributed by atoms with Gasteiger partial charge in [0.25, 0.3) is 0 Å². The van der Waals surface area contributed by atoms with Crippen molar-refractivity contribution < 1.29 is 9.53 Å². The Morgan fingerprint density at radius 1 is 1.16 bits per heavy atom. The molecule has 1 unspecified atom stereocenters. The van der Waals surface area contributed by atoms with Gasteiger partial charge in [0.05, 0.1) is 0 Å².